The van der Waals surface area contributed by atoms with Crippen LogP contribution < -0.4 is 10.6 Å². The first kappa shape index (κ1) is 13.0. The lowest BCUT2D eigenvalue weighted by Gasteiger charge is -2.11. The summed E-state index contributed by atoms with van der Waals surface area (Å²) in [4.78, 5) is 11.4. The average molecular weight is 287 g/mol. The highest BCUT2D eigenvalue weighted by Crippen LogP contribution is 2.33. The molecule has 3 nitrogen and oxygen atoms in total. The Morgan fingerprint density at radius 1 is 1.30 bits per heavy atom. The third-order valence-electron chi connectivity index (χ3n) is 3.38. The van der Waals surface area contributed by atoms with E-state index in [-0.39, 0.29) is 5.91 Å². The SMILES string of the molecule is Cc1cccc(CNc2cc3c(cc2Cl)NC(=O)C3)c1. The van der Waals surface area contributed by atoms with Crippen molar-refractivity contribution in [3.63, 3.8) is 0 Å². The first-order chi connectivity index (χ1) is 9.61. The number of carbonyl (C=O) groups excluding carboxylic acids is 1. The fourth-order valence-electron chi connectivity index (χ4n) is 2.40. The number of carbonyl (C=O) groups is 1. The molecule has 0 fully saturated rings. The van der Waals surface area contributed by atoms with Crippen molar-refractivity contribution in [3.05, 3.63) is 58.1 Å². The number of aryl methyl sites for hydroxylation is 1. The van der Waals surface area contributed by atoms with Gasteiger partial charge < -0.3 is 10.6 Å². The van der Waals surface area contributed by atoms with Crippen LogP contribution >= 0.6 is 11.6 Å². The zero-order valence-corrected chi connectivity index (χ0v) is 11.9. The van der Waals surface area contributed by atoms with E-state index in [0.29, 0.717) is 18.0 Å². The van der Waals surface area contributed by atoms with Gasteiger partial charge in [0.05, 0.1) is 17.1 Å². The van der Waals surface area contributed by atoms with Crippen LogP contribution in [-0.2, 0) is 17.8 Å². The first-order valence-electron chi connectivity index (χ1n) is 6.53. The van der Waals surface area contributed by atoms with E-state index < -0.39 is 0 Å². The van der Waals surface area contributed by atoms with Gasteiger partial charge in [-0.3, -0.25) is 4.79 Å². The summed E-state index contributed by atoms with van der Waals surface area (Å²) in [5.41, 5.74) is 5.12. The summed E-state index contributed by atoms with van der Waals surface area (Å²) in [7, 11) is 0. The Morgan fingerprint density at radius 2 is 2.15 bits per heavy atom. The zero-order chi connectivity index (χ0) is 14.1. The van der Waals surface area contributed by atoms with E-state index in [2.05, 4.69) is 35.8 Å². The standard InChI is InChI=1S/C16H15ClN2O/c1-10-3-2-4-11(5-10)9-18-15-6-12-7-16(20)19-14(12)8-13(15)17/h2-6,8,18H,7,9H2,1H3,(H,19,20). The number of hydrogen-bond donors (Lipinski definition) is 2. The van der Waals surface area contributed by atoms with Crippen molar-refractivity contribution in [1.82, 2.24) is 0 Å². The molecule has 0 bridgehead atoms. The molecule has 0 spiro atoms. The number of anilines is 2. The topological polar surface area (TPSA) is 41.1 Å². The third kappa shape index (κ3) is 2.63. The Hall–Kier alpha value is -2.00. The molecular weight excluding hydrogens is 272 g/mol. The van der Waals surface area contributed by atoms with Crippen molar-refractivity contribution < 1.29 is 4.79 Å². The van der Waals surface area contributed by atoms with Gasteiger partial charge in [-0.2, -0.15) is 0 Å². The Bertz CT molecular complexity index is 682. The van der Waals surface area contributed by atoms with Gasteiger partial charge in [-0.25, -0.2) is 0 Å². The maximum Gasteiger partial charge on any atom is 0.228 e. The maximum atomic E-state index is 11.4. The molecule has 1 aliphatic heterocycles. The summed E-state index contributed by atoms with van der Waals surface area (Å²) in [6, 6.07) is 12.1. The molecule has 1 amide bonds. The van der Waals surface area contributed by atoms with E-state index in [1.807, 2.05) is 12.1 Å². The van der Waals surface area contributed by atoms with Gasteiger partial charge in [-0.1, -0.05) is 41.4 Å². The van der Waals surface area contributed by atoms with Gasteiger partial charge in [-0.05, 0) is 30.2 Å². The number of amides is 1. The van der Waals surface area contributed by atoms with E-state index in [9.17, 15) is 4.79 Å². The Morgan fingerprint density at radius 3 is 2.95 bits per heavy atom. The molecule has 0 saturated carbocycles. The highest BCUT2D eigenvalue weighted by Gasteiger charge is 2.19. The van der Waals surface area contributed by atoms with Crippen molar-refractivity contribution in [2.24, 2.45) is 0 Å². The highest BCUT2D eigenvalue weighted by atomic mass is 35.5. The van der Waals surface area contributed by atoms with Crippen molar-refractivity contribution in [3.8, 4) is 0 Å². The normalized spacial score (nSPS) is 13.0. The molecule has 0 aliphatic carbocycles. The number of hydrogen-bond acceptors (Lipinski definition) is 2. The highest BCUT2D eigenvalue weighted by molar-refractivity contribution is 6.33. The second-order valence-corrected chi connectivity index (χ2v) is 5.46. The Balaban J connectivity index is 1.78. The quantitative estimate of drug-likeness (QED) is 0.902. The lowest BCUT2D eigenvalue weighted by atomic mass is 10.1. The summed E-state index contributed by atoms with van der Waals surface area (Å²) in [6.07, 6.45) is 0.422. The number of benzene rings is 2. The lowest BCUT2D eigenvalue weighted by molar-refractivity contribution is -0.115. The monoisotopic (exact) mass is 286 g/mol. The first-order valence-corrected chi connectivity index (χ1v) is 6.91. The molecule has 1 heterocycles. The average Bonchev–Trinajstić information content (AvgIpc) is 2.75. The van der Waals surface area contributed by atoms with E-state index >= 15 is 0 Å². The van der Waals surface area contributed by atoms with Crippen LogP contribution in [0.3, 0.4) is 0 Å². The second-order valence-electron chi connectivity index (χ2n) is 5.06. The fraction of sp³-hybridized carbons (Fsp3) is 0.188. The molecule has 2 aromatic rings. The van der Waals surface area contributed by atoms with Crippen LogP contribution in [0.4, 0.5) is 11.4 Å². The molecule has 0 atom stereocenters. The van der Waals surface area contributed by atoms with Crippen LogP contribution in [-0.4, -0.2) is 5.91 Å². The van der Waals surface area contributed by atoms with E-state index in [1.54, 1.807) is 6.07 Å². The van der Waals surface area contributed by atoms with Gasteiger partial charge in [0.25, 0.3) is 0 Å². The largest absolute Gasteiger partial charge is 0.380 e. The number of halogens is 1. The number of rotatable bonds is 3. The summed E-state index contributed by atoms with van der Waals surface area (Å²) in [5.74, 6) is 0.0203. The summed E-state index contributed by atoms with van der Waals surface area (Å²) >= 11 is 6.24. The molecule has 2 aromatic carbocycles. The van der Waals surface area contributed by atoms with Crippen molar-refractivity contribution in [2.45, 2.75) is 19.9 Å². The molecule has 1 aliphatic rings. The van der Waals surface area contributed by atoms with Gasteiger partial charge >= 0.3 is 0 Å². The van der Waals surface area contributed by atoms with Crippen molar-refractivity contribution >= 4 is 28.9 Å². The van der Waals surface area contributed by atoms with Crippen LogP contribution in [0.5, 0.6) is 0 Å². The molecule has 0 radical (unpaired) electrons. The summed E-state index contributed by atoms with van der Waals surface area (Å²) in [6.45, 7) is 2.78. The van der Waals surface area contributed by atoms with Gasteiger partial charge in [0, 0.05) is 12.2 Å². The van der Waals surface area contributed by atoms with Crippen molar-refractivity contribution in [2.75, 3.05) is 10.6 Å². The van der Waals surface area contributed by atoms with Crippen LogP contribution in [0.1, 0.15) is 16.7 Å². The Labute approximate surface area is 123 Å². The maximum absolute atomic E-state index is 11.4. The second kappa shape index (κ2) is 5.17. The van der Waals surface area contributed by atoms with Crippen LogP contribution in [0, 0.1) is 6.92 Å². The fourth-order valence-corrected chi connectivity index (χ4v) is 2.63. The lowest BCUT2D eigenvalue weighted by Crippen LogP contribution is -2.03. The number of nitrogens with one attached hydrogen (secondary N) is 2. The van der Waals surface area contributed by atoms with E-state index in [1.165, 1.54) is 11.1 Å². The third-order valence-corrected chi connectivity index (χ3v) is 3.70. The molecule has 0 aromatic heterocycles. The van der Waals surface area contributed by atoms with Gasteiger partial charge in [-0.15, -0.1) is 0 Å². The van der Waals surface area contributed by atoms with E-state index in [4.69, 9.17) is 11.6 Å². The van der Waals surface area contributed by atoms with Crippen molar-refractivity contribution in [1.29, 1.82) is 0 Å². The molecule has 102 valence electrons. The smallest absolute Gasteiger partial charge is 0.228 e. The minimum atomic E-state index is 0.0203. The predicted octanol–water partition coefficient (Wildman–Crippen LogP) is 3.76. The molecule has 0 unspecified atom stereocenters. The summed E-state index contributed by atoms with van der Waals surface area (Å²) < 4.78 is 0. The van der Waals surface area contributed by atoms with E-state index in [0.717, 1.165) is 16.9 Å². The van der Waals surface area contributed by atoms with Crippen LogP contribution in [0.15, 0.2) is 36.4 Å². The van der Waals surface area contributed by atoms with Gasteiger partial charge in [0.2, 0.25) is 5.91 Å². The zero-order valence-electron chi connectivity index (χ0n) is 11.2. The minimum Gasteiger partial charge on any atom is -0.380 e. The van der Waals surface area contributed by atoms with Gasteiger partial charge in [0.15, 0.2) is 0 Å². The molecular formula is C16H15ClN2O. The predicted molar refractivity (Wildman–Crippen MR) is 82.3 cm³/mol. The molecule has 2 N–H and O–H groups in total. The minimum absolute atomic E-state index is 0.0203. The molecule has 0 saturated heterocycles. The number of fused-ring (bicyclic) bond motifs is 1. The van der Waals surface area contributed by atoms with Gasteiger partial charge in [0.1, 0.15) is 0 Å². The molecule has 3 rings (SSSR count). The Kier molecular flexibility index (Phi) is 3.36. The van der Waals surface area contributed by atoms with Crippen LogP contribution in [0.25, 0.3) is 0 Å². The molecule has 20 heavy (non-hydrogen) atoms. The van der Waals surface area contributed by atoms with Crippen LogP contribution in [0.2, 0.25) is 5.02 Å². The molecule has 4 heteroatoms. The summed E-state index contributed by atoms with van der Waals surface area (Å²) in [5, 5.41) is 6.75.